The monoisotopic (exact) mass is 407 g/mol. The molecule has 0 aliphatic rings. The maximum Gasteiger partial charge on any atom is 0.203 e. The fraction of sp³-hybridized carbons (Fsp3) is 0.182. The smallest absolute Gasteiger partial charge is 0.203 e. The minimum Gasteiger partial charge on any atom is -0.493 e. The predicted molar refractivity (Wildman–Crippen MR) is 117 cm³/mol. The average Bonchev–Trinajstić information content (AvgIpc) is 3.18. The summed E-state index contributed by atoms with van der Waals surface area (Å²) in [5.74, 6) is 3.10. The molecule has 2 aromatic heterocycles. The molecule has 0 amide bonds. The number of ether oxygens (including phenoxy) is 3. The van der Waals surface area contributed by atoms with Crippen LogP contribution in [0.1, 0.15) is 5.56 Å². The third kappa shape index (κ3) is 3.56. The van der Waals surface area contributed by atoms with Crippen molar-refractivity contribution in [3.63, 3.8) is 0 Å². The highest BCUT2D eigenvalue weighted by Gasteiger charge is 2.15. The van der Waals surface area contributed by atoms with Crippen LogP contribution in [0.4, 0.5) is 11.5 Å². The first-order chi connectivity index (χ1) is 14.1. The standard InChI is InChI=1S/C22H21N3O3S/c1-13-11-23-22(16-12-29-19-8-6-5-7-15(16)19)25-21(13)24-14-9-17(26-2)20(28-4)18(10-14)27-3/h5-12H,1-4H3,(H,23,24,25). The molecule has 2 aromatic carbocycles. The summed E-state index contributed by atoms with van der Waals surface area (Å²) in [5, 5.41) is 6.61. The molecule has 29 heavy (non-hydrogen) atoms. The molecule has 0 fully saturated rings. The maximum atomic E-state index is 5.44. The van der Waals surface area contributed by atoms with E-state index in [-0.39, 0.29) is 0 Å². The lowest BCUT2D eigenvalue weighted by atomic mass is 10.1. The number of thiophene rings is 1. The van der Waals surface area contributed by atoms with Crippen molar-refractivity contribution in [3.05, 3.63) is 53.5 Å². The summed E-state index contributed by atoms with van der Waals surface area (Å²) < 4.78 is 17.5. The summed E-state index contributed by atoms with van der Waals surface area (Å²) in [7, 11) is 4.77. The molecule has 148 valence electrons. The van der Waals surface area contributed by atoms with E-state index in [1.54, 1.807) is 32.7 Å². The van der Waals surface area contributed by atoms with Crippen molar-refractivity contribution in [1.29, 1.82) is 0 Å². The quantitative estimate of drug-likeness (QED) is 0.459. The van der Waals surface area contributed by atoms with Crippen LogP contribution in [0, 0.1) is 6.92 Å². The van der Waals surface area contributed by atoms with Crippen molar-refractivity contribution in [3.8, 4) is 28.6 Å². The lowest BCUT2D eigenvalue weighted by Gasteiger charge is -2.15. The first-order valence-corrected chi connectivity index (χ1v) is 9.90. The number of methoxy groups -OCH3 is 3. The van der Waals surface area contributed by atoms with E-state index >= 15 is 0 Å². The van der Waals surface area contributed by atoms with Crippen LogP contribution in [0.3, 0.4) is 0 Å². The van der Waals surface area contributed by atoms with Crippen LogP contribution in [0.15, 0.2) is 48.0 Å². The van der Waals surface area contributed by atoms with Gasteiger partial charge in [-0.2, -0.15) is 0 Å². The highest BCUT2D eigenvalue weighted by Crippen LogP contribution is 2.41. The van der Waals surface area contributed by atoms with Crippen molar-refractivity contribution < 1.29 is 14.2 Å². The summed E-state index contributed by atoms with van der Waals surface area (Å²) in [5.41, 5.74) is 2.74. The molecule has 4 rings (SSSR count). The molecule has 1 N–H and O–H groups in total. The Morgan fingerprint density at radius 3 is 2.38 bits per heavy atom. The molecule has 0 saturated carbocycles. The van der Waals surface area contributed by atoms with Crippen molar-refractivity contribution in [2.24, 2.45) is 0 Å². The molecule has 0 saturated heterocycles. The van der Waals surface area contributed by atoms with Crippen LogP contribution in [-0.2, 0) is 0 Å². The second-order valence-electron chi connectivity index (χ2n) is 6.41. The largest absolute Gasteiger partial charge is 0.493 e. The summed E-state index contributed by atoms with van der Waals surface area (Å²) in [6.45, 7) is 1.97. The maximum absolute atomic E-state index is 5.44. The number of aryl methyl sites for hydroxylation is 1. The van der Waals surface area contributed by atoms with E-state index < -0.39 is 0 Å². The van der Waals surface area contributed by atoms with Gasteiger partial charge in [0.2, 0.25) is 5.75 Å². The van der Waals surface area contributed by atoms with Crippen LogP contribution in [0.5, 0.6) is 17.2 Å². The number of rotatable bonds is 6. The fourth-order valence-corrected chi connectivity index (χ4v) is 4.08. The zero-order valence-corrected chi connectivity index (χ0v) is 17.5. The van der Waals surface area contributed by atoms with Crippen molar-refractivity contribution in [2.75, 3.05) is 26.6 Å². The minimum absolute atomic E-state index is 0.547. The third-order valence-electron chi connectivity index (χ3n) is 4.62. The number of aromatic nitrogens is 2. The highest BCUT2D eigenvalue weighted by molar-refractivity contribution is 7.17. The summed E-state index contributed by atoms with van der Waals surface area (Å²) in [6.07, 6.45) is 1.83. The Balaban J connectivity index is 1.74. The topological polar surface area (TPSA) is 65.5 Å². The third-order valence-corrected chi connectivity index (χ3v) is 5.58. The molecule has 0 spiro atoms. The van der Waals surface area contributed by atoms with Gasteiger partial charge in [-0.1, -0.05) is 18.2 Å². The van der Waals surface area contributed by atoms with E-state index in [1.807, 2.05) is 37.4 Å². The Kier molecular flexibility index (Phi) is 5.22. The minimum atomic E-state index is 0.547. The Morgan fingerprint density at radius 2 is 1.69 bits per heavy atom. The van der Waals surface area contributed by atoms with Gasteiger partial charge in [-0.15, -0.1) is 11.3 Å². The number of nitrogens with one attached hydrogen (secondary N) is 1. The Morgan fingerprint density at radius 1 is 0.966 bits per heavy atom. The molecule has 0 radical (unpaired) electrons. The lowest BCUT2D eigenvalue weighted by molar-refractivity contribution is 0.324. The number of nitrogens with zero attached hydrogens (tertiary/aromatic N) is 2. The van der Waals surface area contributed by atoms with Crippen LogP contribution in [-0.4, -0.2) is 31.3 Å². The Bertz CT molecular complexity index is 1150. The van der Waals surface area contributed by atoms with E-state index in [2.05, 4.69) is 27.8 Å². The van der Waals surface area contributed by atoms with Gasteiger partial charge in [0.25, 0.3) is 0 Å². The molecular weight excluding hydrogens is 386 g/mol. The highest BCUT2D eigenvalue weighted by atomic mass is 32.1. The zero-order chi connectivity index (χ0) is 20.4. The normalized spacial score (nSPS) is 10.8. The van der Waals surface area contributed by atoms with Crippen molar-refractivity contribution in [2.45, 2.75) is 6.92 Å². The van der Waals surface area contributed by atoms with Gasteiger partial charge in [0.05, 0.1) is 21.3 Å². The molecular formula is C22H21N3O3S. The number of hydrogen-bond acceptors (Lipinski definition) is 7. The zero-order valence-electron chi connectivity index (χ0n) is 16.6. The Labute approximate surface area is 173 Å². The first-order valence-electron chi connectivity index (χ1n) is 9.02. The van der Waals surface area contributed by atoms with Crippen LogP contribution < -0.4 is 19.5 Å². The van der Waals surface area contributed by atoms with Crippen LogP contribution >= 0.6 is 11.3 Å². The number of fused-ring (bicyclic) bond motifs is 1. The molecule has 0 bridgehead atoms. The molecule has 2 heterocycles. The summed E-state index contributed by atoms with van der Waals surface area (Å²) in [6, 6.07) is 12.0. The van der Waals surface area contributed by atoms with Gasteiger partial charge in [0.1, 0.15) is 5.82 Å². The van der Waals surface area contributed by atoms with E-state index in [0.717, 1.165) is 28.0 Å². The van der Waals surface area contributed by atoms with Gasteiger partial charge in [0, 0.05) is 50.6 Å². The van der Waals surface area contributed by atoms with Crippen molar-refractivity contribution in [1.82, 2.24) is 9.97 Å². The van der Waals surface area contributed by atoms with E-state index in [0.29, 0.717) is 23.1 Å². The average molecular weight is 407 g/mol. The van der Waals surface area contributed by atoms with Gasteiger partial charge in [-0.25, -0.2) is 9.97 Å². The summed E-state index contributed by atoms with van der Waals surface area (Å²) >= 11 is 1.69. The molecule has 6 nitrogen and oxygen atoms in total. The van der Waals surface area contributed by atoms with E-state index in [1.165, 1.54) is 4.70 Å². The molecule has 0 aliphatic carbocycles. The summed E-state index contributed by atoms with van der Waals surface area (Å²) in [4.78, 5) is 9.34. The second-order valence-corrected chi connectivity index (χ2v) is 7.32. The first kappa shape index (κ1) is 19.0. The molecule has 4 aromatic rings. The van der Waals surface area contributed by atoms with Gasteiger partial charge < -0.3 is 19.5 Å². The second kappa shape index (κ2) is 7.97. The lowest BCUT2D eigenvalue weighted by Crippen LogP contribution is -2.02. The predicted octanol–water partition coefficient (Wildman–Crippen LogP) is 5.44. The van der Waals surface area contributed by atoms with Gasteiger partial charge in [-0.3, -0.25) is 0 Å². The molecule has 0 aliphatic heterocycles. The fourth-order valence-electron chi connectivity index (χ4n) is 3.14. The molecule has 0 atom stereocenters. The van der Waals surface area contributed by atoms with E-state index in [4.69, 9.17) is 19.2 Å². The number of anilines is 2. The van der Waals surface area contributed by atoms with Crippen LogP contribution in [0.2, 0.25) is 0 Å². The molecule has 7 heteroatoms. The van der Waals surface area contributed by atoms with Gasteiger partial charge >= 0.3 is 0 Å². The van der Waals surface area contributed by atoms with Crippen molar-refractivity contribution >= 4 is 32.9 Å². The van der Waals surface area contributed by atoms with Gasteiger partial charge in [0.15, 0.2) is 17.3 Å². The number of benzene rings is 2. The molecule has 0 unspecified atom stereocenters. The van der Waals surface area contributed by atoms with E-state index in [9.17, 15) is 0 Å². The van der Waals surface area contributed by atoms with Crippen LogP contribution in [0.25, 0.3) is 21.5 Å². The Hall–Kier alpha value is -3.32. The van der Waals surface area contributed by atoms with Gasteiger partial charge in [-0.05, 0) is 13.0 Å². The number of hydrogen-bond donors (Lipinski definition) is 1. The SMILES string of the molecule is COc1cc(Nc2nc(-c3csc4ccccc34)ncc2C)cc(OC)c1OC.